The first-order valence-electron chi connectivity index (χ1n) is 6.86. The second kappa shape index (κ2) is 5.71. The van der Waals surface area contributed by atoms with Gasteiger partial charge in [-0.25, -0.2) is 9.97 Å². The van der Waals surface area contributed by atoms with Crippen molar-refractivity contribution >= 4 is 17.2 Å². The van der Waals surface area contributed by atoms with Crippen molar-refractivity contribution in [2.45, 2.75) is 25.7 Å². The molecule has 1 fully saturated rings. The summed E-state index contributed by atoms with van der Waals surface area (Å²) >= 11 is 1.51. The Morgan fingerprint density at radius 1 is 1.45 bits per heavy atom. The molecule has 1 aliphatic rings. The molecule has 1 aliphatic heterocycles. The molecule has 0 saturated carbocycles. The van der Waals surface area contributed by atoms with Gasteiger partial charge in [0.05, 0.1) is 4.88 Å². The Morgan fingerprint density at radius 3 is 3.10 bits per heavy atom. The predicted octanol–water partition coefficient (Wildman–Crippen LogP) is 2.87. The van der Waals surface area contributed by atoms with Gasteiger partial charge in [-0.15, -0.1) is 11.3 Å². The van der Waals surface area contributed by atoms with Gasteiger partial charge in [0.2, 0.25) is 0 Å². The van der Waals surface area contributed by atoms with Gasteiger partial charge in [-0.2, -0.15) is 0 Å². The standard InChI is InChI=1S/C15H17N3OS/c1-11-16-7-6-13(17-11)12-4-2-8-18(10-12)15(19)14-5-3-9-20-14/h3,5-7,9,12H,2,4,8,10H2,1H3/t12-/m1/s1. The molecule has 20 heavy (non-hydrogen) atoms. The van der Waals surface area contributed by atoms with Gasteiger partial charge in [-0.1, -0.05) is 6.07 Å². The van der Waals surface area contributed by atoms with Crippen molar-refractivity contribution in [3.8, 4) is 0 Å². The fourth-order valence-corrected chi connectivity index (χ4v) is 3.35. The predicted molar refractivity (Wildman–Crippen MR) is 79.0 cm³/mol. The fourth-order valence-electron chi connectivity index (χ4n) is 2.66. The van der Waals surface area contributed by atoms with Gasteiger partial charge in [0, 0.05) is 30.9 Å². The lowest BCUT2D eigenvalue weighted by atomic mass is 9.94. The van der Waals surface area contributed by atoms with E-state index in [1.165, 1.54) is 11.3 Å². The summed E-state index contributed by atoms with van der Waals surface area (Å²) in [6.45, 7) is 3.51. The van der Waals surface area contributed by atoms with Gasteiger partial charge in [0.1, 0.15) is 5.82 Å². The van der Waals surface area contributed by atoms with Crippen molar-refractivity contribution in [3.05, 3.63) is 46.2 Å². The Labute approximate surface area is 122 Å². The quantitative estimate of drug-likeness (QED) is 0.853. The molecule has 3 heterocycles. The normalized spacial score (nSPS) is 19.1. The molecular formula is C15H17N3OS. The maximum Gasteiger partial charge on any atom is 0.263 e. The first-order chi connectivity index (χ1) is 9.74. The Bertz CT molecular complexity index is 597. The molecule has 1 amide bonds. The van der Waals surface area contributed by atoms with Crippen LogP contribution in [0.4, 0.5) is 0 Å². The molecule has 0 N–H and O–H groups in total. The van der Waals surface area contributed by atoms with E-state index in [2.05, 4.69) is 9.97 Å². The number of thiophene rings is 1. The summed E-state index contributed by atoms with van der Waals surface area (Å²) < 4.78 is 0. The Balaban J connectivity index is 1.75. The van der Waals surface area contributed by atoms with E-state index in [9.17, 15) is 4.79 Å². The summed E-state index contributed by atoms with van der Waals surface area (Å²) in [6, 6.07) is 5.79. The molecule has 4 nitrogen and oxygen atoms in total. The number of hydrogen-bond donors (Lipinski definition) is 0. The van der Waals surface area contributed by atoms with E-state index in [1.807, 2.05) is 35.4 Å². The van der Waals surface area contributed by atoms with Crippen LogP contribution < -0.4 is 0 Å². The summed E-state index contributed by atoms with van der Waals surface area (Å²) in [5.74, 6) is 1.27. The van der Waals surface area contributed by atoms with Crippen molar-refractivity contribution in [2.75, 3.05) is 13.1 Å². The number of piperidine rings is 1. The smallest absolute Gasteiger partial charge is 0.263 e. The van der Waals surface area contributed by atoms with Gasteiger partial charge in [0.25, 0.3) is 5.91 Å². The third-order valence-electron chi connectivity index (χ3n) is 3.66. The molecule has 104 valence electrons. The van der Waals surface area contributed by atoms with Crippen LogP contribution in [0, 0.1) is 6.92 Å². The minimum absolute atomic E-state index is 0.149. The van der Waals surface area contributed by atoms with Crippen LogP contribution >= 0.6 is 11.3 Å². The van der Waals surface area contributed by atoms with Crippen molar-refractivity contribution in [1.82, 2.24) is 14.9 Å². The minimum atomic E-state index is 0.149. The number of likely N-dealkylation sites (tertiary alicyclic amines) is 1. The molecule has 0 aliphatic carbocycles. The summed E-state index contributed by atoms with van der Waals surface area (Å²) in [5, 5.41) is 1.95. The van der Waals surface area contributed by atoms with Crippen LogP contribution in [-0.4, -0.2) is 33.9 Å². The van der Waals surface area contributed by atoms with E-state index in [0.717, 1.165) is 42.3 Å². The molecule has 1 atom stereocenters. The highest BCUT2D eigenvalue weighted by molar-refractivity contribution is 7.12. The van der Waals surface area contributed by atoms with Crippen LogP contribution in [0.3, 0.4) is 0 Å². The van der Waals surface area contributed by atoms with E-state index >= 15 is 0 Å². The number of amides is 1. The van der Waals surface area contributed by atoms with Gasteiger partial charge in [0.15, 0.2) is 0 Å². The van der Waals surface area contributed by atoms with E-state index in [4.69, 9.17) is 0 Å². The Morgan fingerprint density at radius 2 is 2.35 bits per heavy atom. The largest absolute Gasteiger partial charge is 0.337 e. The molecule has 2 aromatic rings. The fraction of sp³-hybridized carbons (Fsp3) is 0.400. The molecule has 0 radical (unpaired) electrons. The highest BCUT2D eigenvalue weighted by atomic mass is 32.1. The average molecular weight is 287 g/mol. The SMILES string of the molecule is Cc1nccc([C@@H]2CCCN(C(=O)c3cccs3)C2)n1. The molecule has 3 rings (SSSR count). The number of aryl methyl sites for hydroxylation is 1. The first-order valence-corrected chi connectivity index (χ1v) is 7.74. The van der Waals surface area contributed by atoms with E-state index in [0.29, 0.717) is 5.92 Å². The minimum Gasteiger partial charge on any atom is -0.337 e. The summed E-state index contributed by atoms with van der Waals surface area (Å²) in [6.07, 6.45) is 3.92. The van der Waals surface area contributed by atoms with E-state index < -0.39 is 0 Å². The maximum atomic E-state index is 12.4. The number of carbonyl (C=O) groups is 1. The van der Waals surface area contributed by atoms with Crippen LogP contribution in [0.5, 0.6) is 0 Å². The summed E-state index contributed by atoms with van der Waals surface area (Å²) in [7, 11) is 0. The number of rotatable bonds is 2. The van der Waals surface area contributed by atoms with Crippen LogP contribution in [0.15, 0.2) is 29.8 Å². The second-order valence-corrected chi connectivity index (χ2v) is 6.04. The highest BCUT2D eigenvalue weighted by Crippen LogP contribution is 2.27. The average Bonchev–Trinajstić information content (AvgIpc) is 3.01. The number of hydrogen-bond acceptors (Lipinski definition) is 4. The monoisotopic (exact) mass is 287 g/mol. The van der Waals surface area contributed by atoms with Crippen molar-refractivity contribution < 1.29 is 4.79 Å². The third kappa shape index (κ3) is 2.72. The third-order valence-corrected chi connectivity index (χ3v) is 4.51. The maximum absolute atomic E-state index is 12.4. The molecular weight excluding hydrogens is 270 g/mol. The molecule has 5 heteroatoms. The molecule has 1 saturated heterocycles. The first kappa shape index (κ1) is 13.2. The van der Waals surface area contributed by atoms with Crippen molar-refractivity contribution in [1.29, 1.82) is 0 Å². The number of carbonyl (C=O) groups excluding carboxylic acids is 1. The Kier molecular flexibility index (Phi) is 3.78. The van der Waals surface area contributed by atoms with Crippen LogP contribution in [0.25, 0.3) is 0 Å². The van der Waals surface area contributed by atoms with Gasteiger partial charge in [-0.3, -0.25) is 4.79 Å². The topological polar surface area (TPSA) is 46.1 Å². The van der Waals surface area contributed by atoms with E-state index in [-0.39, 0.29) is 5.91 Å². The summed E-state index contributed by atoms with van der Waals surface area (Å²) in [5.41, 5.74) is 1.06. The Hall–Kier alpha value is -1.75. The molecule has 0 aromatic carbocycles. The van der Waals surface area contributed by atoms with Crippen LogP contribution in [0.1, 0.15) is 39.9 Å². The van der Waals surface area contributed by atoms with Gasteiger partial charge in [-0.05, 0) is 37.3 Å². The second-order valence-electron chi connectivity index (χ2n) is 5.10. The van der Waals surface area contributed by atoms with E-state index in [1.54, 1.807) is 6.20 Å². The zero-order valence-corrected chi connectivity index (χ0v) is 12.3. The van der Waals surface area contributed by atoms with Crippen molar-refractivity contribution in [2.24, 2.45) is 0 Å². The lowest BCUT2D eigenvalue weighted by Crippen LogP contribution is -2.39. The van der Waals surface area contributed by atoms with Gasteiger partial charge >= 0.3 is 0 Å². The van der Waals surface area contributed by atoms with Crippen molar-refractivity contribution in [3.63, 3.8) is 0 Å². The van der Waals surface area contributed by atoms with Crippen LogP contribution in [-0.2, 0) is 0 Å². The van der Waals surface area contributed by atoms with Gasteiger partial charge < -0.3 is 4.90 Å². The lowest BCUT2D eigenvalue weighted by Gasteiger charge is -2.32. The molecule has 2 aromatic heterocycles. The summed E-state index contributed by atoms with van der Waals surface area (Å²) in [4.78, 5) is 23.8. The highest BCUT2D eigenvalue weighted by Gasteiger charge is 2.26. The molecule has 0 bridgehead atoms. The zero-order valence-electron chi connectivity index (χ0n) is 11.5. The lowest BCUT2D eigenvalue weighted by molar-refractivity contribution is 0.0711. The number of aromatic nitrogens is 2. The number of nitrogens with zero attached hydrogens (tertiary/aromatic N) is 3. The van der Waals surface area contributed by atoms with Crippen LogP contribution in [0.2, 0.25) is 0 Å². The molecule has 0 spiro atoms. The zero-order chi connectivity index (χ0) is 13.9. The molecule has 0 unspecified atom stereocenters.